The lowest BCUT2D eigenvalue weighted by Gasteiger charge is -2.27. The summed E-state index contributed by atoms with van der Waals surface area (Å²) in [6.07, 6.45) is -0.517. The van der Waals surface area contributed by atoms with Gasteiger partial charge in [-0.25, -0.2) is 0 Å². The summed E-state index contributed by atoms with van der Waals surface area (Å²) in [5, 5.41) is 11.0. The summed E-state index contributed by atoms with van der Waals surface area (Å²) in [6.45, 7) is 7.44. The summed E-state index contributed by atoms with van der Waals surface area (Å²) in [4.78, 5) is 1.49. The summed E-state index contributed by atoms with van der Waals surface area (Å²) < 4.78 is 5.21. The molecule has 0 bridgehead atoms. The van der Waals surface area contributed by atoms with Crippen LogP contribution in [-0.4, -0.2) is 31.9 Å². The fourth-order valence-electron chi connectivity index (χ4n) is 3.00. The van der Waals surface area contributed by atoms with Crippen LogP contribution >= 0.6 is 0 Å². The van der Waals surface area contributed by atoms with Crippen molar-refractivity contribution in [1.82, 2.24) is 0 Å². The van der Waals surface area contributed by atoms with Crippen molar-refractivity contribution in [3.05, 3.63) is 65.7 Å². The summed E-state index contributed by atoms with van der Waals surface area (Å²) in [6, 6.07) is 18.1. The highest BCUT2D eigenvalue weighted by Crippen LogP contribution is 2.30. The first kappa shape index (κ1) is 17.5. The molecule has 0 radical (unpaired) electrons. The number of rotatable bonds is 8. The molecule has 124 valence electrons. The van der Waals surface area contributed by atoms with Gasteiger partial charge in [-0.3, -0.25) is 0 Å². The molecule has 0 fully saturated rings. The Kier molecular flexibility index (Phi) is 6.63. The fraction of sp³-hybridized carbons (Fsp3) is 0.400. The normalized spacial score (nSPS) is 13.8. The molecule has 0 aromatic heterocycles. The van der Waals surface area contributed by atoms with Crippen LogP contribution in [0.25, 0.3) is 0 Å². The molecule has 0 amide bonds. The van der Waals surface area contributed by atoms with E-state index < -0.39 is 6.10 Å². The van der Waals surface area contributed by atoms with Gasteiger partial charge in [-0.2, -0.15) is 0 Å². The highest BCUT2D eigenvalue weighted by atomic mass is 16.5. The topological polar surface area (TPSA) is 33.9 Å². The van der Waals surface area contributed by atoms with Gasteiger partial charge in [0, 0.05) is 0 Å². The van der Waals surface area contributed by atoms with E-state index in [1.165, 1.54) is 10.5 Å². The van der Waals surface area contributed by atoms with E-state index in [2.05, 4.69) is 26.0 Å². The van der Waals surface area contributed by atoms with Crippen LogP contribution in [0.2, 0.25) is 0 Å². The summed E-state index contributed by atoms with van der Waals surface area (Å²) in [5.41, 5.74) is 2.13. The number of hydrogen-bond donors (Lipinski definition) is 2. The molecule has 0 saturated heterocycles. The van der Waals surface area contributed by atoms with Gasteiger partial charge in [-0.05, 0) is 37.1 Å². The number of methoxy groups -OCH3 is 1. The Morgan fingerprint density at radius 3 is 2.04 bits per heavy atom. The molecule has 2 atom stereocenters. The Morgan fingerprint density at radius 1 is 0.913 bits per heavy atom. The molecule has 0 aliphatic rings. The standard InChI is InChI=1S/C20H27NO2/c1-4-21(5-2)15-19(16-9-7-6-8-10-16)20(22)17-11-13-18(23-3)14-12-17/h6-14,19-20,22H,4-5,15H2,1-3H3/p+1/t19-,20-/m0/s1. The van der Waals surface area contributed by atoms with Crippen molar-refractivity contribution in [2.75, 3.05) is 26.7 Å². The Hall–Kier alpha value is -1.84. The highest BCUT2D eigenvalue weighted by molar-refractivity contribution is 5.31. The molecule has 3 heteroatoms. The van der Waals surface area contributed by atoms with Crippen LogP contribution in [0.15, 0.2) is 54.6 Å². The molecule has 0 heterocycles. The second kappa shape index (κ2) is 8.70. The van der Waals surface area contributed by atoms with Crippen molar-refractivity contribution in [1.29, 1.82) is 0 Å². The zero-order valence-corrected chi connectivity index (χ0v) is 14.3. The maximum absolute atomic E-state index is 11.0. The molecule has 2 aromatic carbocycles. The molecule has 3 nitrogen and oxygen atoms in total. The molecular formula is C20H28NO2+. The number of benzene rings is 2. The lowest BCUT2D eigenvalue weighted by atomic mass is 9.88. The Morgan fingerprint density at radius 2 is 1.52 bits per heavy atom. The first-order valence-electron chi connectivity index (χ1n) is 8.40. The van der Waals surface area contributed by atoms with E-state index in [-0.39, 0.29) is 5.92 Å². The third-order valence-corrected chi connectivity index (χ3v) is 4.57. The van der Waals surface area contributed by atoms with E-state index in [1.807, 2.05) is 42.5 Å². The van der Waals surface area contributed by atoms with Gasteiger partial charge in [0.1, 0.15) is 5.75 Å². The van der Waals surface area contributed by atoms with E-state index in [1.54, 1.807) is 7.11 Å². The van der Waals surface area contributed by atoms with E-state index in [0.717, 1.165) is 30.9 Å². The highest BCUT2D eigenvalue weighted by Gasteiger charge is 2.26. The third kappa shape index (κ3) is 4.57. The van der Waals surface area contributed by atoms with E-state index in [9.17, 15) is 5.11 Å². The zero-order valence-electron chi connectivity index (χ0n) is 14.3. The number of nitrogens with one attached hydrogen (secondary N) is 1. The van der Waals surface area contributed by atoms with Crippen molar-refractivity contribution in [3.63, 3.8) is 0 Å². The third-order valence-electron chi connectivity index (χ3n) is 4.57. The second-order valence-electron chi connectivity index (χ2n) is 5.90. The monoisotopic (exact) mass is 314 g/mol. The Bertz CT molecular complexity index is 564. The number of aliphatic hydroxyl groups excluding tert-OH is 1. The van der Waals surface area contributed by atoms with Crippen LogP contribution in [0.3, 0.4) is 0 Å². The largest absolute Gasteiger partial charge is 0.497 e. The van der Waals surface area contributed by atoms with Crippen molar-refractivity contribution in [2.45, 2.75) is 25.9 Å². The minimum atomic E-state index is -0.517. The van der Waals surface area contributed by atoms with Crippen LogP contribution in [0.1, 0.15) is 37.0 Å². The number of likely N-dealkylation sites (N-methyl/N-ethyl adjacent to an activating group) is 1. The smallest absolute Gasteiger partial charge is 0.118 e. The summed E-state index contributed by atoms with van der Waals surface area (Å²) in [7, 11) is 1.65. The van der Waals surface area contributed by atoms with Crippen LogP contribution < -0.4 is 9.64 Å². The van der Waals surface area contributed by atoms with Crippen LogP contribution in [0.4, 0.5) is 0 Å². The maximum Gasteiger partial charge on any atom is 0.118 e. The first-order valence-corrected chi connectivity index (χ1v) is 8.40. The zero-order chi connectivity index (χ0) is 16.7. The molecule has 2 rings (SSSR count). The number of quaternary nitrogens is 1. The van der Waals surface area contributed by atoms with Gasteiger partial charge in [-0.15, -0.1) is 0 Å². The molecule has 0 aliphatic heterocycles. The SMILES string of the molecule is CC[NH+](CC)C[C@@H](c1ccccc1)[C@@H](O)c1ccc(OC)cc1. The first-order chi connectivity index (χ1) is 11.2. The average molecular weight is 314 g/mol. The number of aliphatic hydroxyl groups is 1. The predicted molar refractivity (Wildman–Crippen MR) is 94.0 cm³/mol. The number of hydrogen-bond acceptors (Lipinski definition) is 2. The maximum atomic E-state index is 11.0. The van der Waals surface area contributed by atoms with Gasteiger partial charge in [0.25, 0.3) is 0 Å². The van der Waals surface area contributed by atoms with Gasteiger partial charge in [0.05, 0.1) is 38.8 Å². The lowest BCUT2D eigenvalue weighted by Crippen LogP contribution is -3.12. The molecule has 23 heavy (non-hydrogen) atoms. The average Bonchev–Trinajstić information content (AvgIpc) is 2.63. The quantitative estimate of drug-likeness (QED) is 0.785. The summed E-state index contributed by atoms with van der Waals surface area (Å²) >= 11 is 0. The van der Waals surface area contributed by atoms with Gasteiger partial charge in [0.2, 0.25) is 0 Å². The van der Waals surface area contributed by atoms with Crippen molar-refractivity contribution >= 4 is 0 Å². The van der Waals surface area contributed by atoms with Crippen molar-refractivity contribution in [3.8, 4) is 5.75 Å². The van der Waals surface area contributed by atoms with Crippen LogP contribution in [-0.2, 0) is 0 Å². The van der Waals surface area contributed by atoms with E-state index >= 15 is 0 Å². The number of ether oxygens (including phenoxy) is 1. The lowest BCUT2D eigenvalue weighted by molar-refractivity contribution is -0.898. The predicted octanol–water partition coefficient (Wildman–Crippen LogP) is 2.44. The molecule has 0 spiro atoms. The van der Waals surface area contributed by atoms with E-state index in [0.29, 0.717) is 0 Å². The van der Waals surface area contributed by atoms with Gasteiger partial charge < -0.3 is 14.7 Å². The van der Waals surface area contributed by atoms with Crippen molar-refractivity contribution < 1.29 is 14.7 Å². The fourth-order valence-corrected chi connectivity index (χ4v) is 3.00. The molecular weight excluding hydrogens is 286 g/mol. The van der Waals surface area contributed by atoms with E-state index in [4.69, 9.17) is 4.74 Å². The summed E-state index contributed by atoms with van der Waals surface area (Å²) in [5.74, 6) is 0.895. The molecule has 0 unspecified atom stereocenters. The minimum absolute atomic E-state index is 0.0829. The van der Waals surface area contributed by atoms with Gasteiger partial charge >= 0.3 is 0 Å². The van der Waals surface area contributed by atoms with Crippen LogP contribution in [0, 0.1) is 0 Å². The molecule has 0 aliphatic carbocycles. The van der Waals surface area contributed by atoms with Crippen LogP contribution in [0.5, 0.6) is 5.75 Å². The minimum Gasteiger partial charge on any atom is -0.497 e. The molecule has 2 N–H and O–H groups in total. The second-order valence-corrected chi connectivity index (χ2v) is 5.90. The van der Waals surface area contributed by atoms with Gasteiger partial charge in [-0.1, -0.05) is 42.5 Å². The molecule has 2 aromatic rings. The van der Waals surface area contributed by atoms with Crippen molar-refractivity contribution in [2.24, 2.45) is 0 Å². The Labute approximate surface area is 139 Å². The Balaban J connectivity index is 2.27. The van der Waals surface area contributed by atoms with Gasteiger partial charge in [0.15, 0.2) is 0 Å². The molecule has 0 saturated carbocycles.